The number of nitrogens with zero attached hydrogens (tertiary/aromatic N) is 8. The fraction of sp³-hybridized carbons (Fsp3) is 0.583. The van der Waals surface area contributed by atoms with Crippen LogP contribution in [-0.4, -0.2) is 183 Å². The second kappa shape index (κ2) is 22.6. The molecule has 11 rings (SSSR count). The second-order valence-corrected chi connectivity index (χ2v) is 19.3. The molecule has 0 radical (unpaired) electrons. The van der Waals surface area contributed by atoms with Gasteiger partial charge in [-0.15, -0.1) is 5.06 Å². The Hall–Kier alpha value is -6.34. The first-order valence-corrected chi connectivity index (χ1v) is 24.6. The van der Waals surface area contributed by atoms with Gasteiger partial charge in [-0.1, -0.05) is 22.3 Å². The molecule has 9 saturated heterocycles. The number of imide groups is 3. The number of morpholine rings is 2. The maximum absolute atomic E-state index is 14.8. The Kier molecular flexibility index (Phi) is 15.9. The highest BCUT2D eigenvalue weighted by Gasteiger charge is 2.44. The van der Waals surface area contributed by atoms with E-state index in [1.54, 1.807) is 17.0 Å². The number of amides is 7. The first-order valence-electron chi connectivity index (χ1n) is 24.6. The predicted octanol–water partition coefficient (Wildman–Crippen LogP) is 1.81. The molecule has 2 aromatic carbocycles. The van der Waals surface area contributed by atoms with Gasteiger partial charge in [-0.2, -0.15) is 4.79 Å². The minimum Gasteiger partial charge on any atom is -0.378 e. The molecule has 0 saturated carbocycles. The van der Waals surface area contributed by atoms with E-state index in [-0.39, 0.29) is 72.1 Å². The Morgan fingerprint density at radius 2 is 0.875 bits per heavy atom. The largest absolute Gasteiger partial charge is 0.560 e. The van der Waals surface area contributed by atoms with Crippen LogP contribution in [0.5, 0.6) is 0 Å². The molecule has 1 N–H and O–H groups in total. The van der Waals surface area contributed by atoms with E-state index >= 15 is 0 Å². The number of rotatable bonds is 9. The molecule has 0 aromatic heterocycles. The summed E-state index contributed by atoms with van der Waals surface area (Å²) in [5.74, 6) is -1.90. The standard InChI is InChI=1S/C22H27FN4O5.C17H24FN3O.C9H8N2O7/c23-19-9-18(25-5-7-31-8-6-25)2-1-15(19)10-24-11-16-13-26(14-17(16)12-24)22(30)32-27-20(28)3-4-21(27)29;18-17-7-16(21-3-5-22-6-4-21)2-1-13(17)10-20-11-14-8-19-9-15(14)12-20;12-5-1-2-6(13)10(5)17-9(16)18-11-7(14)3-4-8(11)15/h1-2,9,16-17H,3-8,10-14H2;1-2,7,14-15,19H,3-6,8-12H2;1-4H2. The highest BCUT2D eigenvalue weighted by Crippen LogP contribution is 2.34. The number of hydrogen-bond acceptors (Lipinski definition) is 18. The molecule has 7 amide bonds. The molecule has 9 heterocycles. The average molecular weight is 1010 g/mol. The normalized spacial score (nSPS) is 25.5. The zero-order chi connectivity index (χ0) is 50.5. The number of fused-ring (bicyclic) bond motifs is 2. The number of halogens is 2. The van der Waals surface area contributed by atoms with Crippen molar-refractivity contribution in [2.24, 2.45) is 23.7 Å². The first kappa shape index (κ1) is 50.6. The van der Waals surface area contributed by atoms with E-state index in [1.807, 2.05) is 18.2 Å². The first-order chi connectivity index (χ1) is 34.8. The van der Waals surface area contributed by atoms with Crippen LogP contribution < -0.4 is 15.1 Å². The zero-order valence-corrected chi connectivity index (χ0v) is 39.9. The number of hydroxylamine groups is 6. The number of benzene rings is 2. The monoisotopic (exact) mass is 1010 g/mol. The quantitative estimate of drug-likeness (QED) is 0.354. The van der Waals surface area contributed by atoms with Crippen LogP contribution in [-0.2, 0) is 65.8 Å². The van der Waals surface area contributed by atoms with Crippen molar-refractivity contribution in [3.05, 3.63) is 59.2 Å². The molecule has 24 heteroatoms. The van der Waals surface area contributed by atoms with Crippen molar-refractivity contribution >= 4 is 59.1 Å². The molecule has 0 bridgehead atoms. The van der Waals surface area contributed by atoms with E-state index in [0.29, 0.717) is 43.5 Å². The van der Waals surface area contributed by atoms with E-state index in [9.17, 15) is 47.1 Å². The molecule has 0 aliphatic carbocycles. The molecule has 22 nitrogen and oxygen atoms in total. The molecule has 4 atom stereocenters. The zero-order valence-electron chi connectivity index (χ0n) is 39.9. The minimum absolute atomic E-state index is 0.0618. The van der Waals surface area contributed by atoms with E-state index in [1.165, 1.54) is 0 Å². The van der Waals surface area contributed by atoms with Gasteiger partial charge in [-0.05, 0) is 61.0 Å². The molecule has 2 aromatic rings. The van der Waals surface area contributed by atoms with Gasteiger partial charge in [-0.3, -0.25) is 48.2 Å². The highest BCUT2D eigenvalue weighted by molar-refractivity contribution is 6.03. The maximum atomic E-state index is 14.8. The summed E-state index contributed by atoms with van der Waals surface area (Å²) in [6.45, 7) is 14.3. The maximum Gasteiger partial charge on any atom is 0.560 e. The molecule has 4 unspecified atom stereocenters. The molecular formula is C48H59F2N9O13. The Morgan fingerprint density at radius 1 is 0.514 bits per heavy atom. The van der Waals surface area contributed by atoms with E-state index in [4.69, 9.17) is 14.3 Å². The van der Waals surface area contributed by atoms with Gasteiger partial charge < -0.3 is 34.3 Å². The summed E-state index contributed by atoms with van der Waals surface area (Å²) in [4.78, 5) is 116. The molecule has 9 aliphatic heterocycles. The fourth-order valence-corrected chi connectivity index (χ4v) is 10.6. The predicted molar refractivity (Wildman–Crippen MR) is 245 cm³/mol. The average Bonchev–Trinajstić information content (AvgIpc) is 4.27. The van der Waals surface area contributed by atoms with Gasteiger partial charge in [0.2, 0.25) is 0 Å². The highest BCUT2D eigenvalue weighted by atomic mass is 19.1. The SMILES string of the molecule is Fc1cc(N2CCOCC2)ccc1CN1CC2CNCC2C1.O=C(ON1C(=O)CCC1=O)N1CC2CN(Cc3ccc(N4CCOCC4)cc3F)CC2C1.O=C(ON1C(=O)CCC1=O)ON1C(=O)CCC1=O. The van der Waals surface area contributed by atoms with Crippen LogP contribution in [0.4, 0.5) is 29.7 Å². The van der Waals surface area contributed by atoms with E-state index < -0.39 is 47.7 Å². The lowest BCUT2D eigenvalue weighted by Gasteiger charge is -2.29. The van der Waals surface area contributed by atoms with Crippen molar-refractivity contribution < 1.29 is 71.1 Å². The molecule has 9 fully saturated rings. The third kappa shape index (κ3) is 11.9. The Bertz CT molecular complexity index is 2310. The number of ether oxygens (including phenoxy) is 2. The van der Waals surface area contributed by atoms with Crippen LogP contribution >= 0.6 is 0 Å². The van der Waals surface area contributed by atoms with Crippen molar-refractivity contribution in [2.45, 2.75) is 51.6 Å². The third-order valence-corrected chi connectivity index (χ3v) is 14.4. The van der Waals surface area contributed by atoms with Crippen molar-refractivity contribution in [1.82, 2.24) is 35.2 Å². The van der Waals surface area contributed by atoms with Gasteiger partial charge in [0, 0.05) is 140 Å². The summed E-state index contributed by atoms with van der Waals surface area (Å²) in [6.07, 6.45) is -2.23. The number of carbonyl (C=O) groups excluding carboxylic acids is 8. The lowest BCUT2D eigenvalue weighted by Crippen LogP contribution is -2.40. The minimum atomic E-state index is -1.48. The van der Waals surface area contributed by atoms with E-state index in [0.717, 1.165) is 114 Å². The van der Waals surface area contributed by atoms with Crippen LogP contribution in [0.3, 0.4) is 0 Å². The van der Waals surface area contributed by atoms with Crippen molar-refractivity contribution in [1.29, 1.82) is 0 Å². The molecule has 72 heavy (non-hydrogen) atoms. The molecule has 9 aliphatic rings. The summed E-state index contributed by atoms with van der Waals surface area (Å²) in [5.41, 5.74) is 3.36. The van der Waals surface area contributed by atoms with Gasteiger partial charge in [-0.25, -0.2) is 13.6 Å². The lowest BCUT2D eigenvalue weighted by molar-refractivity contribution is -0.198. The van der Waals surface area contributed by atoms with Crippen LogP contribution in [0.15, 0.2) is 36.4 Å². The number of anilines is 2. The number of likely N-dealkylation sites (tertiary alicyclic amines) is 3. The smallest absolute Gasteiger partial charge is 0.378 e. The molecular weight excluding hydrogens is 949 g/mol. The number of nitrogens with one attached hydrogen (secondary N) is 1. The van der Waals surface area contributed by atoms with Gasteiger partial charge in [0.1, 0.15) is 11.6 Å². The van der Waals surface area contributed by atoms with Crippen LogP contribution in [0.2, 0.25) is 0 Å². The van der Waals surface area contributed by atoms with Crippen molar-refractivity contribution in [3.63, 3.8) is 0 Å². The Balaban J connectivity index is 0.000000140. The van der Waals surface area contributed by atoms with Crippen molar-refractivity contribution in [3.8, 4) is 0 Å². The van der Waals surface area contributed by atoms with Gasteiger partial charge in [0.25, 0.3) is 35.4 Å². The lowest BCUT2D eigenvalue weighted by atomic mass is 10.0. The van der Waals surface area contributed by atoms with Crippen molar-refractivity contribution in [2.75, 3.05) is 115 Å². The summed E-state index contributed by atoms with van der Waals surface area (Å²) < 4.78 is 39.9. The van der Waals surface area contributed by atoms with Gasteiger partial charge in [0.05, 0.1) is 26.4 Å². The summed E-state index contributed by atoms with van der Waals surface area (Å²) in [6, 6.07) is 11.2. The topological polar surface area (TPSA) is 221 Å². The molecule has 0 spiro atoms. The number of carbonyl (C=O) groups is 8. The fourth-order valence-electron chi connectivity index (χ4n) is 10.6. The molecule has 388 valence electrons. The van der Waals surface area contributed by atoms with Crippen LogP contribution in [0, 0.1) is 35.3 Å². The second-order valence-electron chi connectivity index (χ2n) is 19.3. The summed E-state index contributed by atoms with van der Waals surface area (Å²) in [5, 5.41) is 4.55. The number of hydrogen-bond donors (Lipinski definition) is 1. The summed E-state index contributed by atoms with van der Waals surface area (Å²) >= 11 is 0. The van der Waals surface area contributed by atoms with Gasteiger partial charge in [0.15, 0.2) is 0 Å². The van der Waals surface area contributed by atoms with Gasteiger partial charge >= 0.3 is 12.2 Å². The Morgan fingerprint density at radius 3 is 1.25 bits per heavy atom. The van der Waals surface area contributed by atoms with Crippen LogP contribution in [0.1, 0.15) is 49.7 Å². The Labute approximate surface area is 413 Å². The van der Waals surface area contributed by atoms with E-state index in [2.05, 4.69) is 40.7 Å². The third-order valence-electron chi connectivity index (χ3n) is 14.4. The summed E-state index contributed by atoms with van der Waals surface area (Å²) in [7, 11) is 0. The van der Waals surface area contributed by atoms with Crippen LogP contribution in [0.25, 0.3) is 0 Å².